The van der Waals surface area contributed by atoms with Gasteiger partial charge in [0.15, 0.2) is 0 Å². The van der Waals surface area contributed by atoms with E-state index >= 15 is 0 Å². The van der Waals surface area contributed by atoms with Crippen molar-refractivity contribution in [3.05, 3.63) is 71.3 Å². The van der Waals surface area contributed by atoms with Crippen LogP contribution < -0.4 is 5.73 Å². The molecule has 0 saturated heterocycles. The van der Waals surface area contributed by atoms with Gasteiger partial charge in [0, 0.05) is 6.04 Å². The molecule has 1 heteroatoms. The lowest BCUT2D eigenvalue weighted by atomic mass is 9.96. The minimum Gasteiger partial charge on any atom is -0.324 e. The molecule has 2 aromatic carbocycles. The summed E-state index contributed by atoms with van der Waals surface area (Å²) in [6.45, 7) is 4.49. The molecule has 0 amide bonds. The largest absolute Gasteiger partial charge is 0.324 e. The third kappa shape index (κ3) is 4.50. The molecule has 0 aliphatic rings. The van der Waals surface area contributed by atoms with E-state index in [1.165, 1.54) is 23.1 Å². The van der Waals surface area contributed by atoms with Gasteiger partial charge in [0.1, 0.15) is 0 Å². The third-order valence-corrected chi connectivity index (χ3v) is 3.71. The van der Waals surface area contributed by atoms with Crippen LogP contribution in [0.15, 0.2) is 54.6 Å². The van der Waals surface area contributed by atoms with Crippen molar-refractivity contribution in [2.75, 3.05) is 0 Å². The van der Waals surface area contributed by atoms with Crippen molar-refractivity contribution >= 4 is 0 Å². The lowest BCUT2D eigenvalue weighted by Gasteiger charge is -2.14. The molecule has 1 unspecified atom stereocenters. The maximum atomic E-state index is 6.25. The van der Waals surface area contributed by atoms with Crippen LogP contribution in [0.2, 0.25) is 0 Å². The zero-order valence-electron chi connectivity index (χ0n) is 12.5. The van der Waals surface area contributed by atoms with E-state index < -0.39 is 0 Å². The summed E-state index contributed by atoms with van der Waals surface area (Å²) in [5.74, 6) is 0.721. The molecule has 1 nitrogen and oxygen atoms in total. The summed E-state index contributed by atoms with van der Waals surface area (Å²) in [6.07, 6.45) is 3.24. The van der Waals surface area contributed by atoms with Crippen LogP contribution in [0.3, 0.4) is 0 Å². The van der Waals surface area contributed by atoms with Gasteiger partial charge in [-0.3, -0.25) is 0 Å². The molecule has 1 atom stereocenters. The molecule has 2 aromatic rings. The molecule has 2 rings (SSSR count). The van der Waals surface area contributed by atoms with Crippen molar-refractivity contribution in [1.29, 1.82) is 0 Å². The fraction of sp³-hybridized carbons (Fsp3) is 0.368. The lowest BCUT2D eigenvalue weighted by Crippen LogP contribution is -2.11. The minimum absolute atomic E-state index is 0.170. The zero-order valence-corrected chi connectivity index (χ0v) is 12.5. The fourth-order valence-electron chi connectivity index (χ4n) is 2.39. The fourth-order valence-corrected chi connectivity index (χ4v) is 2.39. The van der Waals surface area contributed by atoms with E-state index in [0.717, 1.165) is 18.8 Å². The van der Waals surface area contributed by atoms with Gasteiger partial charge in [0.2, 0.25) is 0 Å². The van der Waals surface area contributed by atoms with E-state index in [9.17, 15) is 0 Å². The summed E-state index contributed by atoms with van der Waals surface area (Å²) in [6, 6.07) is 19.5. The quantitative estimate of drug-likeness (QED) is 0.805. The Labute approximate surface area is 122 Å². The molecule has 0 bridgehead atoms. The Kier molecular flexibility index (Phi) is 5.37. The van der Waals surface area contributed by atoms with Gasteiger partial charge in [0.25, 0.3) is 0 Å². The van der Waals surface area contributed by atoms with Gasteiger partial charge in [-0.25, -0.2) is 0 Å². The van der Waals surface area contributed by atoms with Crippen LogP contribution in [0.4, 0.5) is 0 Å². The molecular weight excluding hydrogens is 242 g/mol. The average molecular weight is 267 g/mol. The van der Waals surface area contributed by atoms with Gasteiger partial charge < -0.3 is 5.73 Å². The molecule has 0 aliphatic heterocycles. The molecule has 0 spiro atoms. The standard InChI is InChI=1S/C19H25N/c1-15(2)8-13-19(20)18-11-9-17(10-12-18)14-16-6-4-3-5-7-16/h3-7,9-12,15,19H,8,13-14,20H2,1-2H3. The predicted molar refractivity (Wildman–Crippen MR) is 86.7 cm³/mol. The van der Waals surface area contributed by atoms with E-state index in [1.807, 2.05) is 0 Å². The van der Waals surface area contributed by atoms with E-state index in [1.54, 1.807) is 0 Å². The molecule has 20 heavy (non-hydrogen) atoms. The second-order valence-electron chi connectivity index (χ2n) is 5.98. The van der Waals surface area contributed by atoms with Crippen LogP contribution >= 0.6 is 0 Å². The summed E-state index contributed by atoms with van der Waals surface area (Å²) in [5.41, 5.74) is 10.2. The number of benzene rings is 2. The number of hydrogen-bond acceptors (Lipinski definition) is 1. The molecule has 0 heterocycles. The molecule has 0 aromatic heterocycles. The first-order valence-corrected chi connectivity index (χ1v) is 7.53. The van der Waals surface area contributed by atoms with Gasteiger partial charge >= 0.3 is 0 Å². The maximum absolute atomic E-state index is 6.25. The van der Waals surface area contributed by atoms with E-state index in [0.29, 0.717) is 0 Å². The number of nitrogens with two attached hydrogens (primary N) is 1. The Hall–Kier alpha value is -1.60. The van der Waals surface area contributed by atoms with Crippen molar-refractivity contribution in [2.45, 2.75) is 39.2 Å². The normalized spacial score (nSPS) is 12.6. The van der Waals surface area contributed by atoms with Crippen molar-refractivity contribution in [3.8, 4) is 0 Å². The van der Waals surface area contributed by atoms with Crippen LogP contribution in [0.5, 0.6) is 0 Å². The third-order valence-electron chi connectivity index (χ3n) is 3.71. The summed E-state index contributed by atoms with van der Waals surface area (Å²) in [5, 5.41) is 0. The summed E-state index contributed by atoms with van der Waals surface area (Å²) < 4.78 is 0. The maximum Gasteiger partial charge on any atom is 0.0294 e. The first-order valence-electron chi connectivity index (χ1n) is 7.53. The topological polar surface area (TPSA) is 26.0 Å². The Morgan fingerprint density at radius 3 is 2.00 bits per heavy atom. The van der Waals surface area contributed by atoms with Crippen LogP contribution in [-0.4, -0.2) is 0 Å². The molecule has 0 fully saturated rings. The first kappa shape index (κ1) is 14.8. The van der Waals surface area contributed by atoms with Gasteiger partial charge in [0.05, 0.1) is 0 Å². The minimum atomic E-state index is 0.170. The van der Waals surface area contributed by atoms with Crippen molar-refractivity contribution in [1.82, 2.24) is 0 Å². The Bertz CT molecular complexity index is 499. The van der Waals surface area contributed by atoms with Gasteiger partial charge in [-0.2, -0.15) is 0 Å². The van der Waals surface area contributed by atoms with E-state index in [-0.39, 0.29) is 6.04 Å². The number of hydrogen-bond donors (Lipinski definition) is 1. The predicted octanol–water partition coefficient (Wildman–Crippen LogP) is 4.71. The van der Waals surface area contributed by atoms with Crippen LogP contribution in [0.1, 0.15) is 49.4 Å². The smallest absolute Gasteiger partial charge is 0.0294 e. The molecule has 0 aliphatic carbocycles. The van der Waals surface area contributed by atoms with Crippen molar-refractivity contribution < 1.29 is 0 Å². The highest BCUT2D eigenvalue weighted by molar-refractivity contribution is 5.29. The Morgan fingerprint density at radius 2 is 1.40 bits per heavy atom. The second-order valence-corrected chi connectivity index (χ2v) is 5.98. The van der Waals surface area contributed by atoms with Crippen LogP contribution in [-0.2, 0) is 6.42 Å². The molecule has 0 saturated carbocycles. The van der Waals surface area contributed by atoms with Gasteiger partial charge in [-0.05, 0) is 41.9 Å². The highest BCUT2D eigenvalue weighted by Gasteiger charge is 2.07. The second kappa shape index (κ2) is 7.25. The van der Waals surface area contributed by atoms with E-state index in [4.69, 9.17) is 5.73 Å². The monoisotopic (exact) mass is 267 g/mol. The molecule has 0 radical (unpaired) electrons. The summed E-state index contributed by atoms with van der Waals surface area (Å²) in [4.78, 5) is 0. The van der Waals surface area contributed by atoms with Crippen molar-refractivity contribution in [2.24, 2.45) is 11.7 Å². The average Bonchev–Trinajstić information content (AvgIpc) is 2.46. The first-order chi connectivity index (χ1) is 9.65. The van der Waals surface area contributed by atoms with Gasteiger partial charge in [-0.1, -0.05) is 68.4 Å². The molecule has 106 valence electrons. The molecular formula is C19H25N. The highest BCUT2D eigenvalue weighted by atomic mass is 14.6. The summed E-state index contributed by atoms with van der Waals surface area (Å²) >= 11 is 0. The highest BCUT2D eigenvalue weighted by Crippen LogP contribution is 2.20. The summed E-state index contributed by atoms with van der Waals surface area (Å²) in [7, 11) is 0. The SMILES string of the molecule is CC(C)CCC(N)c1ccc(Cc2ccccc2)cc1. The van der Waals surface area contributed by atoms with E-state index in [2.05, 4.69) is 68.4 Å². The van der Waals surface area contributed by atoms with Crippen LogP contribution in [0, 0.1) is 5.92 Å². The van der Waals surface area contributed by atoms with Crippen LogP contribution in [0.25, 0.3) is 0 Å². The lowest BCUT2D eigenvalue weighted by molar-refractivity contribution is 0.507. The van der Waals surface area contributed by atoms with Gasteiger partial charge in [-0.15, -0.1) is 0 Å². The Balaban J connectivity index is 1.96. The van der Waals surface area contributed by atoms with Crippen molar-refractivity contribution in [3.63, 3.8) is 0 Å². The number of rotatable bonds is 6. The molecule has 2 N–H and O–H groups in total. The Morgan fingerprint density at radius 1 is 0.800 bits per heavy atom. The zero-order chi connectivity index (χ0) is 14.4.